The normalized spacial score (nSPS) is 23.4. The van der Waals surface area contributed by atoms with Crippen molar-refractivity contribution in [2.45, 2.75) is 38.8 Å². The van der Waals surface area contributed by atoms with E-state index in [2.05, 4.69) is 0 Å². The summed E-state index contributed by atoms with van der Waals surface area (Å²) in [5.41, 5.74) is -0.418. The summed E-state index contributed by atoms with van der Waals surface area (Å²) in [6.07, 6.45) is -4.46. The van der Waals surface area contributed by atoms with Crippen molar-refractivity contribution < 1.29 is 21.6 Å². The van der Waals surface area contributed by atoms with Crippen LogP contribution in [0.5, 0.6) is 0 Å². The molecule has 1 aliphatic carbocycles. The van der Waals surface area contributed by atoms with E-state index in [0.29, 0.717) is 0 Å². The number of sulfone groups is 1. The molecule has 23 heavy (non-hydrogen) atoms. The van der Waals surface area contributed by atoms with Gasteiger partial charge in [0, 0.05) is 5.57 Å². The van der Waals surface area contributed by atoms with E-state index in [1.165, 1.54) is 32.9 Å². The maximum atomic E-state index is 13.3. The molecule has 1 aliphatic rings. The highest BCUT2D eigenvalue weighted by atomic mass is 32.2. The molecule has 2 rings (SSSR count). The number of allylic oxidation sites excluding steroid dienone is 4. The Labute approximate surface area is 134 Å². The van der Waals surface area contributed by atoms with Crippen molar-refractivity contribution in [1.29, 1.82) is 0 Å². The van der Waals surface area contributed by atoms with E-state index in [1.807, 2.05) is 0 Å². The van der Waals surface area contributed by atoms with Crippen LogP contribution in [0.4, 0.5) is 13.2 Å². The quantitative estimate of drug-likeness (QED) is 0.765. The number of hydrogen-bond donors (Lipinski definition) is 0. The molecular weight excluding hydrogens is 325 g/mol. The second-order valence-electron chi connectivity index (χ2n) is 5.92. The van der Waals surface area contributed by atoms with Gasteiger partial charge in [0.1, 0.15) is 0 Å². The average molecular weight is 344 g/mol. The lowest BCUT2D eigenvalue weighted by Gasteiger charge is -2.34. The molecule has 0 bridgehead atoms. The number of alkyl halides is 3. The molecule has 2 atom stereocenters. The molecule has 0 amide bonds. The Kier molecular flexibility index (Phi) is 4.50. The molecule has 2 nitrogen and oxygen atoms in total. The van der Waals surface area contributed by atoms with E-state index >= 15 is 0 Å². The fourth-order valence-electron chi connectivity index (χ4n) is 3.19. The van der Waals surface area contributed by atoms with Crippen molar-refractivity contribution in [2.75, 3.05) is 0 Å². The fourth-order valence-corrected chi connectivity index (χ4v) is 5.21. The van der Waals surface area contributed by atoms with Gasteiger partial charge >= 0.3 is 6.18 Å². The van der Waals surface area contributed by atoms with Crippen LogP contribution in [0.25, 0.3) is 0 Å². The van der Waals surface area contributed by atoms with E-state index < -0.39 is 33.4 Å². The SMILES string of the molecule is CC1=C(C(F)(F)F)C(C)[C@@H](C)C(S(=O)(=O)c2ccccc2)=C1C. The van der Waals surface area contributed by atoms with Gasteiger partial charge in [-0.3, -0.25) is 0 Å². The molecule has 0 saturated heterocycles. The van der Waals surface area contributed by atoms with E-state index in [9.17, 15) is 21.6 Å². The van der Waals surface area contributed by atoms with Gasteiger partial charge in [0.25, 0.3) is 0 Å². The third kappa shape index (κ3) is 2.96. The minimum absolute atomic E-state index is 0.0117. The van der Waals surface area contributed by atoms with Crippen molar-refractivity contribution >= 4 is 9.84 Å². The van der Waals surface area contributed by atoms with Crippen LogP contribution < -0.4 is 0 Å². The zero-order valence-electron chi connectivity index (χ0n) is 13.4. The van der Waals surface area contributed by atoms with Crippen LogP contribution in [0.15, 0.2) is 56.9 Å². The molecular formula is C17H19F3O2S. The van der Waals surface area contributed by atoms with Crippen molar-refractivity contribution in [3.05, 3.63) is 52.0 Å². The molecule has 0 aromatic heterocycles. The van der Waals surface area contributed by atoms with Gasteiger partial charge in [0.15, 0.2) is 0 Å². The van der Waals surface area contributed by atoms with Gasteiger partial charge in [-0.05, 0) is 49.0 Å². The molecule has 0 heterocycles. The molecule has 1 aromatic rings. The maximum absolute atomic E-state index is 13.3. The Balaban J connectivity index is 2.73. The predicted octanol–water partition coefficient (Wildman–Crippen LogP) is 4.90. The highest BCUT2D eigenvalue weighted by Crippen LogP contribution is 2.47. The van der Waals surface area contributed by atoms with Crippen LogP contribution >= 0.6 is 0 Å². The van der Waals surface area contributed by atoms with Gasteiger partial charge in [-0.25, -0.2) is 8.42 Å². The van der Waals surface area contributed by atoms with Crippen LogP contribution in [0.1, 0.15) is 27.7 Å². The highest BCUT2D eigenvalue weighted by molar-refractivity contribution is 7.95. The van der Waals surface area contributed by atoms with Crippen LogP contribution in [-0.2, 0) is 9.84 Å². The summed E-state index contributed by atoms with van der Waals surface area (Å²) in [5.74, 6) is -1.65. The second-order valence-corrected chi connectivity index (χ2v) is 7.84. The summed E-state index contributed by atoms with van der Waals surface area (Å²) < 4.78 is 65.7. The summed E-state index contributed by atoms with van der Waals surface area (Å²) in [6.45, 7) is 5.78. The lowest BCUT2D eigenvalue weighted by Crippen LogP contribution is -2.31. The summed E-state index contributed by atoms with van der Waals surface area (Å²) in [6, 6.07) is 7.82. The van der Waals surface area contributed by atoms with E-state index in [1.54, 1.807) is 25.1 Å². The molecule has 0 saturated carbocycles. The van der Waals surface area contributed by atoms with Crippen molar-refractivity contribution in [3.63, 3.8) is 0 Å². The molecule has 1 aromatic carbocycles. The molecule has 0 fully saturated rings. The van der Waals surface area contributed by atoms with Gasteiger partial charge < -0.3 is 0 Å². The van der Waals surface area contributed by atoms with Gasteiger partial charge in [0.05, 0.1) is 9.80 Å². The first-order chi connectivity index (χ1) is 10.5. The largest absolute Gasteiger partial charge is 0.413 e. The summed E-state index contributed by atoms with van der Waals surface area (Å²) in [4.78, 5) is 0.193. The van der Waals surface area contributed by atoms with E-state index in [0.717, 1.165) is 0 Å². The molecule has 0 spiro atoms. The Bertz CT molecular complexity index is 772. The molecule has 126 valence electrons. The number of hydrogen-bond acceptors (Lipinski definition) is 2. The molecule has 0 aliphatic heterocycles. The Hall–Kier alpha value is -1.56. The Morgan fingerprint density at radius 2 is 1.43 bits per heavy atom. The van der Waals surface area contributed by atoms with Crippen molar-refractivity contribution in [3.8, 4) is 0 Å². The fraction of sp³-hybridized carbons (Fsp3) is 0.412. The first-order valence-electron chi connectivity index (χ1n) is 7.28. The van der Waals surface area contributed by atoms with Crippen LogP contribution in [0, 0.1) is 11.8 Å². The van der Waals surface area contributed by atoms with Gasteiger partial charge in [0.2, 0.25) is 9.84 Å². The summed E-state index contributed by atoms with van der Waals surface area (Å²) >= 11 is 0. The summed E-state index contributed by atoms with van der Waals surface area (Å²) in [5, 5.41) is 0. The van der Waals surface area contributed by atoms with Gasteiger partial charge in [-0.1, -0.05) is 32.0 Å². The third-order valence-electron chi connectivity index (χ3n) is 4.60. The van der Waals surface area contributed by atoms with Crippen LogP contribution in [0.2, 0.25) is 0 Å². The Morgan fingerprint density at radius 3 is 1.91 bits per heavy atom. The minimum atomic E-state index is -4.46. The molecule has 1 unspecified atom stereocenters. The Morgan fingerprint density at radius 1 is 0.913 bits per heavy atom. The van der Waals surface area contributed by atoms with Crippen molar-refractivity contribution in [1.82, 2.24) is 0 Å². The van der Waals surface area contributed by atoms with E-state index in [4.69, 9.17) is 0 Å². The number of rotatable bonds is 2. The molecule has 0 radical (unpaired) electrons. The number of halogens is 3. The zero-order valence-corrected chi connectivity index (χ0v) is 14.2. The van der Waals surface area contributed by atoms with Crippen molar-refractivity contribution in [2.24, 2.45) is 11.8 Å². The third-order valence-corrected chi connectivity index (χ3v) is 6.75. The lowest BCUT2D eigenvalue weighted by molar-refractivity contribution is -0.101. The van der Waals surface area contributed by atoms with E-state index in [-0.39, 0.29) is 20.9 Å². The van der Waals surface area contributed by atoms with Crippen LogP contribution in [-0.4, -0.2) is 14.6 Å². The summed E-state index contributed by atoms with van der Waals surface area (Å²) in [7, 11) is -3.82. The highest BCUT2D eigenvalue weighted by Gasteiger charge is 2.46. The predicted molar refractivity (Wildman–Crippen MR) is 83.4 cm³/mol. The van der Waals surface area contributed by atoms with Gasteiger partial charge in [-0.2, -0.15) is 13.2 Å². The standard InChI is InChI=1S/C17H19F3O2S/c1-10-12(3)16(13(4)11(2)15(10)17(18,19)20)23(21,22)14-8-6-5-7-9-14/h5-10,12H,1-4H3/t10?,12-/m1/s1. The maximum Gasteiger partial charge on any atom is 0.413 e. The molecule has 6 heteroatoms. The topological polar surface area (TPSA) is 34.1 Å². The minimum Gasteiger partial charge on any atom is -0.219 e. The second kappa shape index (κ2) is 5.82. The first kappa shape index (κ1) is 17.8. The number of benzene rings is 1. The lowest BCUT2D eigenvalue weighted by atomic mass is 9.78. The van der Waals surface area contributed by atoms with Gasteiger partial charge in [-0.15, -0.1) is 0 Å². The first-order valence-corrected chi connectivity index (χ1v) is 8.77. The zero-order chi connectivity index (χ0) is 17.6. The molecule has 0 N–H and O–H groups in total. The monoisotopic (exact) mass is 344 g/mol. The van der Waals surface area contributed by atoms with Crippen LogP contribution in [0.3, 0.4) is 0 Å². The smallest absolute Gasteiger partial charge is 0.219 e. The average Bonchev–Trinajstić information content (AvgIpc) is 2.45.